The van der Waals surface area contributed by atoms with E-state index in [1.807, 2.05) is 61.5 Å². The zero-order chi connectivity index (χ0) is 23.4. The standard InChI is InChI=1S/C28H28N2O3/c1-4-5-6-11-25(30-33-19(3)31)20-12-14-26-23(16-20)24-17-21(13-15-27(24)29-26)28(32)22-10-8-7-9-18(22)2/h7-10,12-17,29H,4-6,11H2,1-3H3/b30-25+. The van der Waals surface area contributed by atoms with Gasteiger partial charge in [-0.3, -0.25) is 4.79 Å². The third-order valence-corrected chi connectivity index (χ3v) is 5.89. The van der Waals surface area contributed by atoms with Gasteiger partial charge in [-0.2, -0.15) is 0 Å². The topological polar surface area (TPSA) is 71.5 Å². The molecular weight excluding hydrogens is 412 g/mol. The van der Waals surface area contributed by atoms with Crippen molar-refractivity contribution in [3.05, 3.63) is 82.9 Å². The van der Waals surface area contributed by atoms with E-state index in [2.05, 4.69) is 23.1 Å². The first-order valence-electron chi connectivity index (χ1n) is 11.4. The van der Waals surface area contributed by atoms with Gasteiger partial charge in [0.2, 0.25) is 0 Å². The number of nitrogens with zero attached hydrogens (tertiary/aromatic N) is 1. The van der Waals surface area contributed by atoms with Gasteiger partial charge >= 0.3 is 5.97 Å². The van der Waals surface area contributed by atoms with E-state index in [-0.39, 0.29) is 5.78 Å². The Hall–Kier alpha value is -3.73. The zero-order valence-corrected chi connectivity index (χ0v) is 19.3. The summed E-state index contributed by atoms with van der Waals surface area (Å²) in [6.07, 6.45) is 3.88. The number of unbranched alkanes of at least 4 members (excludes halogenated alkanes) is 2. The number of aryl methyl sites for hydroxylation is 1. The summed E-state index contributed by atoms with van der Waals surface area (Å²) in [5.41, 5.74) is 5.94. The van der Waals surface area contributed by atoms with Crippen LogP contribution < -0.4 is 0 Å². The van der Waals surface area contributed by atoms with Gasteiger partial charge in [-0.25, -0.2) is 4.79 Å². The molecular formula is C28H28N2O3. The van der Waals surface area contributed by atoms with Crippen LogP contribution in [-0.2, 0) is 9.63 Å². The van der Waals surface area contributed by atoms with Gasteiger partial charge < -0.3 is 9.82 Å². The van der Waals surface area contributed by atoms with Gasteiger partial charge in [-0.1, -0.05) is 55.3 Å². The smallest absolute Gasteiger partial charge is 0.331 e. The van der Waals surface area contributed by atoms with Crippen molar-refractivity contribution in [3.8, 4) is 0 Å². The molecule has 5 nitrogen and oxygen atoms in total. The number of fused-ring (bicyclic) bond motifs is 3. The van der Waals surface area contributed by atoms with Crippen molar-refractivity contribution < 1.29 is 14.4 Å². The Kier molecular flexibility index (Phi) is 6.68. The summed E-state index contributed by atoms with van der Waals surface area (Å²) in [4.78, 5) is 32.9. The fraction of sp³-hybridized carbons (Fsp3) is 0.250. The molecule has 1 N–H and O–H groups in total. The molecule has 0 amide bonds. The van der Waals surface area contributed by atoms with Crippen LogP contribution in [0.4, 0.5) is 0 Å². The van der Waals surface area contributed by atoms with Crippen LogP contribution in [0.25, 0.3) is 21.8 Å². The van der Waals surface area contributed by atoms with Crippen molar-refractivity contribution in [2.75, 3.05) is 0 Å². The van der Waals surface area contributed by atoms with Crippen LogP contribution in [0.3, 0.4) is 0 Å². The van der Waals surface area contributed by atoms with E-state index in [0.29, 0.717) is 11.1 Å². The number of carbonyl (C=O) groups excluding carboxylic acids is 2. The number of aromatic nitrogens is 1. The van der Waals surface area contributed by atoms with Crippen molar-refractivity contribution in [1.82, 2.24) is 4.98 Å². The highest BCUT2D eigenvalue weighted by molar-refractivity contribution is 6.16. The van der Waals surface area contributed by atoms with Gasteiger partial charge in [0, 0.05) is 45.4 Å². The summed E-state index contributed by atoms with van der Waals surface area (Å²) in [5.74, 6) is -0.423. The normalized spacial score (nSPS) is 11.8. The van der Waals surface area contributed by atoms with Gasteiger partial charge in [-0.05, 0) is 55.7 Å². The third kappa shape index (κ3) is 4.87. The molecule has 0 aliphatic heterocycles. The number of hydrogen-bond donors (Lipinski definition) is 1. The van der Waals surface area contributed by atoms with Crippen molar-refractivity contribution in [1.29, 1.82) is 0 Å². The third-order valence-electron chi connectivity index (χ3n) is 5.89. The van der Waals surface area contributed by atoms with Gasteiger partial charge in [0.25, 0.3) is 0 Å². The van der Waals surface area contributed by atoms with E-state index in [9.17, 15) is 9.59 Å². The van der Waals surface area contributed by atoms with E-state index in [1.54, 1.807) is 0 Å². The van der Waals surface area contributed by atoms with Crippen molar-refractivity contribution >= 4 is 39.3 Å². The van der Waals surface area contributed by atoms with Crippen LogP contribution in [-0.4, -0.2) is 22.4 Å². The minimum absolute atomic E-state index is 0.0113. The number of nitrogens with one attached hydrogen (secondary N) is 1. The second kappa shape index (κ2) is 9.82. The number of hydrogen-bond acceptors (Lipinski definition) is 4. The fourth-order valence-corrected chi connectivity index (χ4v) is 4.11. The molecule has 0 fully saturated rings. The van der Waals surface area contributed by atoms with Crippen LogP contribution in [0.1, 0.15) is 66.6 Å². The zero-order valence-electron chi connectivity index (χ0n) is 19.3. The highest BCUT2D eigenvalue weighted by Crippen LogP contribution is 2.29. The van der Waals surface area contributed by atoms with Gasteiger partial charge in [0.05, 0.1) is 5.71 Å². The Morgan fingerprint density at radius 2 is 1.58 bits per heavy atom. The van der Waals surface area contributed by atoms with Crippen LogP contribution >= 0.6 is 0 Å². The Labute approximate surface area is 193 Å². The molecule has 4 rings (SSSR count). The Balaban J connectivity index is 1.77. The SMILES string of the molecule is CCCCC/C(=N\OC(C)=O)c1ccc2[nH]c3ccc(C(=O)c4ccccc4C)cc3c2c1. The lowest BCUT2D eigenvalue weighted by molar-refractivity contribution is -0.140. The second-order valence-corrected chi connectivity index (χ2v) is 8.37. The fourth-order valence-electron chi connectivity index (χ4n) is 4.11. The molecule has 0 radical (unpaired) electrons. The van der Waals surface area contributed by atoms with Crippen molar-refractivity contribution in [2.24, 2.45) is 5.16 Å². The summed E-state index contributed by atoms with van der Waals surface area (Å²) < 4.78 is 0. The first-order chi connectivity index (χ1) is 16.0. The number of rotatable bonds is 8. The van der Waals surface area contributed by atoms with E-state index in [0.717, 1.165) is 64.3 Å². The minimum atomic E-state index is -0.435. The molecule has 0 spiro atoms. The molecule has 4 aromatic rings. The highest BCUT2D eigenvalue weighted by Gasteiger charge is 2.15. The van der Waals surface area contributed by atoms with Gasteiger partial charge in [-0.15, -0.1) is 0 Å². The number of benzene rings is 3. The predicted octanol–water partition coefficient (Wildman–Crippen LogP) is 6.71. The van der Waals surface area contributed by atoms with E-state index in [1.165, 1.54) is 6.92 Å². The molecule has 33 heavy (non-hydrogen) atoms. The van der Waals surface area contributed by atoms with E-state index >= 15 is 0 Å². The predicted molar refractivity (Wildman–Crippen MR) is 133 cm³/mol. The van der Waals surface area contributed by atoms with Crippen LogP contribution in [0, 0.1) is 6.92 Å². The minimum Gasteiger partial charge on any atom is -0.355 e. The quantitative estimate of drug-likeness (QED) is 0.109. The van der Waals surface area contributed by atoms with Crippen LogP contribution in [0.2, 0.25) is 0 Å². The second-order valence-electron chi connectivity index (χ2n) is 8.37. The molecule has 0 bridgehead atoms. The molecule has 0 aliphatic rings. The number of H-pyrrole nitrogens is 1. The summed E-state index contributed by atoms with van der Waals surface area (Å²) in [6.45, 7) is 5.45. The van der Waals surface area contributed by atoms with Crippen molar-refractivity contribution in [3.63, 3.8) is 0 Å². The number of aromatic amines is 1. The largest absolute Gasteiger partial charge is 0.355 e. The van der Waals surface area contributed by atoms with Gasteiger partial charge in [0.15, 0.2) is 5.78 Å². The molecule has 1 aromatic heterocycles. The van der Waals surface area contributed by atoms with Crippen LogP contribution in [0.5, 0.6) is 0 Å². The average Bonchev–Trinajstić information content (AvgIpc) is 3.18. The molecule has 5 heteroatoms. The first kappa shape index (κ1) is 22.5. The lowest BCUT2D eigenvalue weighted by atomic mass is 9.97. The molecule has 3 aromatic carbocycles. The maximum Gasteiger partial charge on any atom is 0.331 e. The van der Waals surface area contributed by atoms with E-state index in [4.69, 9.17) is 4.84 Å². The Bertz CT molecular complexity index is 1360. The maximum atomic E-state index is 13.2. The molecule has 0 saturated heterocycles. The molecule has 0 saturated carbocycles. The Morgan fingerprint density at radius 1 is 0.909 bits per heavy atom. The molecule has 0 aliphatic carbocycles. The number of ketones is 1. The highest BCUT2D eigenvalue weighted by atomic mass is 16.7. The molecule has 0 atom stereocenters. The molecule has 0 unspecified atom stereocenters. The number of carbonyl (C=O) groups is 2. The average molecular weight is 441 g/mol. The maximum absolute atomic E-state index is 13.2. The molecule has 168 valence electrons. The lowest BCUT2D eigenvalue weighted by Crippen LogP contribution is -2.04. The molecule has 1 heterocycles. The van der Waals surface area contributed by atoms with Crippen molar-refractivity contribution in [2.45, 2.75) is 46.5 Å². The Morgan fingerprint density at radius 3 is 2.24 bits per heavy atom. The summed E-state index contributed by atoms with van der Waals surface area (Å²) in [5, 5.41) is 6.12. The van der Waals surface area contributed by atoms with E-state index < -0.39 is 5.97 Å². The van der Waals surface area contributed by atoms with Gasteiger partial charge in [0.1, 0.15) is 0 Å². The summed E-state index contributed by atoms with van der Waals surface area (Å²) in [7, 11) is 0. The number of oxime groups is 1. The monoisotopic (exact) mass is 440 g/mol. The first-order valence-corrected chi connectivity index (χ1v) is 11.4. The summed E-state index contributed by atoms with van der Waals surface area (Å²) >= 11 is 0. The van der Waals surface area contributed by atoms with Crippen LogP contribution in [0.15, 0.2) is 65.8 Å². The lowest BCUT2D eigenvalue weighted by Gasteiger charge is -2.07. The summed E-state index contributed by atoms with van der Waals surface area (Å²) in [6, 6.07) is 19.5.